The standard InChI is InChI=1S/C29H48N2O4/c1-4-6-7-8-9-10-11-12-13-14-15-16-17-26(32)30-22-24-18-20-25(21-19-24)28(33)31-27(29(34)35)23(3)5-2/h18-21,23,27H,4-17,22H2,1-3H3,(H,30,32)(H,31,33)(H,34,35)/t23-,27-/m0/s1. The lowest BCUT2D eigenvalue weighted by Crippen LogP contribution is -2.45. The van der Waals surface area contributed by atoms with E-state index in [1.165, 1.54) is 64.2 Å². The first-order chi connectivity index (χ1) is 16.9. The van der Waals surface area contributed by atoms with Gasteiger partial charge in [0, 0.05) is 18.5 Å². The van der Waals surface area contributed by atoms with Crippen LogP contribution in [0.4, 0.5) is 0 Å². The summed E-state index contributed by atoms with van der Waals surface area (Å²) in [5.41, 5.74) is 1.31. The van der Waals surface area contributed by atoms with Gasteiger partial charge in [0.15, 0.2) is 0 Å². The van der Waals surface area contributed by atoms with Crippen LogP contribution in [0.15, 0.2) is 24.3 Å². The van der Waals surface area contributed by atoms with E-state index < -0.39 is 17.9 Å². The summed E-state index contributed by atoms with van der Waals surface area (Å²) in [6.45, 7) is 6.38. The average Bonchev–Trinajstić information content (AvgIpc) is 2.86. The minimum absolute atomic E-state index is 0.0525. The van der Waals surface area contributed by atoms with Crippen molar-refractivity contribution in [3.05, 3.63) is 35.4 Å². The number of carboxylic acids is 1. The van der Waals surface area contributed by atoms with Crippen LogP contribution in [0.5, 0.6) is 0 Å². The van der Waals surface area contributed by atoms with Crippen molar-refractivity contribution in [2.45, 2.75) is 123 Å². The van der Waals surface area contributed by atoms with Crippen molar-refractivity contribution in [2.24, 2.45) is 5.92 Å². The topological polar surface area (TPSA) is 95.5 Å². The van der Waals surface area contributed by atoms with Gasteiger partial charge in [0.1, 0.15) is 6.04 Å². The number of carboxylic acid groups (broad SMARTS) is 1. The van der Waals surface area contributed by atoms with E-state index >= 15 is 0 Å². The molecule has 3 N–H and O–H groups in total. The van der Waals surface area contributed by atoms with Crippen molar-refractivity contribution < 1.29 is 19.5 Å². The number of unbranched alkanes of at least 4 members (excludes halogenated alkanes) is 11. The SMILES string of the molecule is CCCCCCCCCCCCCCC(=O)NCc1ccc(C(=O)N[C@H](C(=O)O)[C@@H](C)CC)cc1. The van der Waals surface area contributed by atoms with Crippen LogP contribution < -0.4 is 10.6 Å². The number of benzene rings is 1. The molecule has 0 aliphatic heterocycles. The molecule has 6 heteroatoms. The van der Waals surface area contributed by atoms with E-state index in [-0.39, 0.29) is 11.8 Å². The molecule has 0 saturated carbocycles. The normalized spacial score (nSPS) is 12.7. The Morgan fingerprint density at radius 2 is 1.31 bits per heavy atom. The molecule has 0 spiro atoms. The maximum Gasteiger partial charge on any atom is 0.326 e. The number of aliphatic carboxylic acids is 1. The fraction of sp³-hybridized carbons (Fsp3) is 0.690. The smallest absolute Gasteiger partial charge is 0.326 e. The molecular weight excluding hydrogens is 440 g/mol. The largest absolute Gasteiger partial charge is 0.480 e. The Labute approximate surface area is 212 Å². The van der Waals surface area contributed by atoms with E-state index in [0.717, 1.165) is 18.4 Å². The zero-order chi connectivity index (χ0) is 25.9. The molecule has 0 saturated heterocycles. The molecule has 0 aliphatic carbocycles. The van der Waals surface area contributed by atoms with Crippen LogP contribution in [0.1, 0.15) is 127 Å². The number of hydrogen-bond donors (Lipinski definition) is 3. The maximum absolute atomic E-state index is 12.4. The lowest BCUT2D eigenvalue weighted by atomic mass is 9.99. The summed E-state index contributed by atoms with van der Waals surface area (Å²) in [4.78, 5) is 35.9. The number of nitrogens with one attached hydrogen (secondary N) is 2. The van der Waals surface area contributed by atoms with Crippen molar-refractivity contribution >= 4 is 17.8 Å². The first-order valence-electron chi connectivity index (χ1n) is 13.8. The van der Waals surface area contributed by atoms with E-state index in [0.29, 0.717) is 24.9 Å². The number of carbonyl (C=O) groups is 3. The fourth-order valence-electron chi connectivity index (χ4n) is 4.10. The monoisotopic (exact) mass is 488 g/mol. The molecule has 2 amide bonds. The van der Waals surface area contributed by atoms with Crippen LogP contribution >= 0.6 is 0 Å². The first-order valence-corrected chi connectivity index (χ1v) is 13.8. The summed E-state index contributed by atoms with van der Waals surface area (Å²) in [7, 11) is 0. The molecular formula is C29H48N2O4. The molecule has 0 fully saturated rings. The second-order valence-corrected chi connectivity index (χ2v) is 9.79. The maximum atomic E-state index is 12.4. The molecule has 0 radical (unpaired) electrons. The van der Waals surface area contributed by atoms with E-state index in [1.54, 1.807) is 24.3 Å². The van der Waals surface area contributed by atoms with E-state index in [4.69, 9.17) is 0 Å². The highest BCUT2D eigenvalue weighted by Gasteiger charge is 2.25. The summed E-state index contributed by atoms with van der Waals surface area (Å²) in [6, 6.07) is 6.00. The molecule has 0 aliphatic rings. The summed E-state index contributed by atoms with van der Waals surface area (Å²) in [5.74, 6) is -1.53. The minimum Gasteiger partial charge on any atom is -0.480 e. The Balaban J connectivity index is 2.17. The van der Waals surface area contributed by atoms with Crippen LogP contribution in [0.3, 0.4) is 0 Å². The summed E-state index contributed by atoms with van der Waals surface area (Å²) in [5, 5.41) is 14.9. The zero-order valence-corrected chi connectivity index (χ0v) is 22.2. The first kappa shape index (κ1) is 30.7. The fourth-order valence-corrected chi connectivity index (χ4v) is 4.10. The summed E-state index contributed by atoms with van der Waals surface area (Å²) >= 11 is 0. The number of carbonyl (C=O) groups excluding carboxylic acids is 2. The van der Waals surface area contributed by atoms with Crippen LogP contribution in [-0.2, 0) is 16.1 Å². The predicted molar refractivity (Wildman–Crippen MR) is 142 cm³/mol. The van der Waals surface area contributed by atoms with Crippen molar-refractivity contribution in [1.29, 1.82) is 0 Å². The van der Waals surface area contributed by atoms with E-state index in [1.807, 2.05) is 13.8 Å². The Bertz CT molecular complexity index is 733. The molecule has 2 atom stereocenters. The molecule has 198 valence electrons. The van der Waals surface area contributed by atoms with Gasteiger partial charge in [0.05, 0.1) is 0 Å². The van der Waals surface area contributed by atoms with E-state index in [2.05, 4.69) is 17.6 Å². The van der Waals surface area contributed by atoms with Gasteiger partial charge < -0.3 is 15.7 Å². The van der Waals surface area contributed by atoms with Crippen molar-refractivity contribution in [3.8, 4) is 0 Å². The lowest BCUT2D eigenvalue weighted by molar-refractivity contribution is -0.140. The molecule has 1 aromatic carbocycles. The molecule has 35 heavy (non-hydrogen) atoms. The van der Waals surface area contributed by atoms with Gasteiger partial charge in [-0.25, -0.2) is 4.79 Å². The van der Waals surface area contributed by atoms with Gasteiger partial charge in [-0.1, -0.05) is 110 Å². The van der Waals surface area contributed by atoms with Crippen LogP contribution in [-0.4, -0.2) is 28.9 Å². The Hall–Kier alpha value is -2.37. The van der Waals surface area contributed by atoms with Gasteiger partial charge in [-0.3, -0.25) is 9.59 Å². The van der Waals surface area contributed by atoms with Crippen molar-refractivity contribution in [2.75, 3.05) is 0 Å². The van der Waals surface area contributed by atoms with Crippen LogP contribution in [0.25, 0.3) is 0 Å². The highest BCUT2D eigenvalue weighted by atomic mass is 16.4. The second kappa shape index (κ2) is 18.9. The lowest BCUT2D eigenvalue weighted by Gasteiger charge is -2.20. The highest BCUT2D eigenvalue weighted by Crippen LogP contribution is 2.13. The highest BCUT2D eigenvalue weighted by molar-refractivity contribution is 5.96. The molecule has 0 heterocycles. The summed E-state index contributed by atoms with van der Waals surface area (Å²) in [6.07, 6.45) is 16.5. The molecule has 0 unspecified atom stereocenters. The third-order valence-electron chi connectivity index (χ3n) is 6.73. The third-order valence-corrected chi connectivity index (χ3v) is 6.73. The minimum atomic E-state index is -1.03. The van der Waals surface area contributed by atoms with Crippen LogP contribution in [0.2, 0.25) is 0 Å². The molecule has 6 nitrogen and oxygen atoms in total. The number of rotatable bonds is 20. The third kappa shape index (κ3) is 13.9. The second-order valence-electron chi connectivity index (χ2n) is 9.79. The Morgan fingerprint density at radius 3 is 1.80 bits per heavy atom. The average molecular weight is 489 g/mol. The van der Waals surface area contributed by atoms with Gasteiger partial charge >= 0.3 is 5.97 Å². The predicted octanol–water partition coefficient (Wildman–Crippen LogP) is 6.62. The molecule has 1 aromatic rings. The number of hydrogen-bond acceptors (Lipinski definition) is 3. The quantitative estimate of drug-likeness (QED) is 0.180. The van der Waals surface area contributed by atoms with Crippen molar-refractivity contribution in [3.63, 3.8) is 0 Å². The molecule has 0 aromatic heterocycles. The van der Waals surface area contributed by atoms with Gasteiger partial charge in [-0.05, 0) is 30.0 Å². The zero-order valence-electron chi connectivity index (χ0n) is 22.2. The molecule has 0 bridgehead atoms. The van der Waals surface area contributed by atoms with Gasteiger partial charge in [-0.2, -0.15) is 0 Å². The molecule has 1 rings (SSSR count). The van der Waals surface area contributed by atoms with Crippen LogP contribution in [0, 0.1) is 5.92 Å². The number of amides is 2. The Kier molecular flexibility index (Phi) is 16.6. The van der Waals surface area contributed by atoms with E-state index in [9.17, 15) is 19.5 Å². The van der Waals surface area contributed by atoms with Gasteiger partial charge in [-0.15, -0.1) is 0 Å². The van der Waals surface area contributed by atoms with Crippen molar-refractivity contribution in [1.82, 2.24) is 10.6 Å². The summed E-state index contributed by atoms with van der Waals surface area (Å²) < 4.78 is 0. The van der Waals surface area contributed by atoms with Gasteiger partial charge in [0.25, 0.3) is 5.91 Å². The van der Waals surface area contributed by atoms with Gasteiger partial charge in [0.2, 0.25) is 5.91 Å². The Morgan fingerprint density at radius 1 is 0.800 bits per heavy atom.